The van der Waals surface area contributed by atoms with E-state index in [1.807, 2.05) is 36.7 Å². The summed E-state index contributed by atoms with van der Waals surface area (Å²) in [5.74, 6) is -2.53. The van der Waals surface area contributed by atoms with Crippen molar-refractivity contribution >= 4 is 17.0 Å². The number of carboxylic acids is 1. The van der Waals surface area contributed by atoms with E-state index in [0.717, 1.165) is 44.7 Å². The molecule has 3 heterocycles. The molecular formula is C27H27F2N3O3. The largest absolute Gasteiger partial charge is 0.481 e. The topological polar surface area (TPSA) is 81.2 Å². The first-order valence-electron chi connectivity index (χ1n) is 11.8. The lowest BCUT2D eigenvalue weighted by molar-refractivity contribution is -0.136. The van der Waals surface area contributed by atoms with Crippen molar-refractivity contribution in [1.29, 1.82) is 0 Å². The van der Waals surface area contributed by atoms with E-state index in [1.54, 1.807) is 18.3 Å². The smallest absolute Gasteiger partial charge is 0.307 e. The molecule has 1 N–H and O–H groups in total. The molecule has 0 aliphatic heterocycles. The van der Waals surface area contributed by atoms with Gasteiger partial charge in [-0.1, -0.05) is 17.3 Å². The molecule has 6 nitrogen and oxygen atoms in total. The molecule has 182 valence electrons. The summed E-state index contributed by atoms with van der Waals surface area (Å²) in [6.45, 7) is 3.76. The third kappa shape index (κ3) is 4.70. The number of halogens is 2. The molecule has 1 fully saturated rings. The summed E-state index contributed by atoms with van der Waals surface area (Å²) in [7, 11) is 0. The number of aryl methyl sites for hydroxylation is 2. The standard InChI is InChI=1S/C27H27F2N3O3/c1-16-25(17(2)35-31-16)20-13-23-21(11-19-7-9-27(28,29)10-8-19)15-32(26(23)30-14-20)22-5-3-18(4-6-22)12-24(33)34/h3-6,13-15,19H,7-12H2,1-2H3,(H,33,34). The Morgan fingerprint density at radius 3 is 2.54 bits per heavy atom. The van der Waals surface area contributed by atoms with Gasteiger partial charge in [-0.25, -0.2) is 13.8 Å². The van der Waals surface area contributed by atoms with Crippen molar-refractivity contribution in [3.63, 3.8) is 0 Å². The SMILES string of the molecule is Cc1noc(C)c1-c1cnc2c(c1)c(CC1CCC(F)(F)CC1)cn2-c1ccc(CC(=O)O)cc1. The molecule has 0 atom stereocenters. The molecule has 35 heavy (non-hydrogen) atoms. The molecule has 0 bridgehead atoms. The maximum atomic E-state index is 13.7. The number of benzene rings is 1. The summed E-state index contributed by atoms with van der Waals surface area (Å²) in [6.07, 6.45) is 5.37. The molecule has 4 aromatic rings. The zero-order valence-electron chi connectivity index (χ0n) is 19.7. The van der Waals surface area contributed by atoms with Gasteiger partial charge in [0.15, 0.2) is 0 Å². The highest BCUT2D eigenvalue weighted by Gasteiger charge is 2.35. The second-order valence-electron chi connectivity index (χ2n) is 9.56. The van der Waals surface area contributed by atoms with E-state index >= 15 is 0 Å². The van der Waals surface area contributed by atoms with Crippen LogP contribution in [-0.2, 0) is 17.6 Å². The number of carboxylic acid groups (broad SMARTS) is 1. The minimum Gasteiger partial charge on any atom is -0.481 e. The van der Waals surface area contributed by atoms with Gasteiger partial charge in [0.25, 0.3) is 0 Å². The predicted molar refractivity (Wildman–Crippen MR) is 128 cm³/mol. The summed E-state index contributed by atoms with van der Waals surface area (Å²) in [5, 5.41) is 14.1. The molecule has 1 aliphatic carbocycles. The van der Waals surface area contributed by atoms with Crippen LogP contribution in [0.25, 0.3) is 27.8 Å². The van der Waals surface area contributed by atoms with E-state index in [1.165, 1.54) is 0 Å². The zero-order valence-corrected chi connectivity index (χ0v) is 19.7. The maximum Gasteiger partial charge on any atom is 0.307 e. The molecule has 0 saturated heterocycles. The van der Waals surface area contributed by atoms with Crippen LogP contribution < -0.4 is 0 Å². The number of rotatable bonds is 6. The van der Waals surface area contributed by atoms with Gasteiger partial charge in [0.1, 0.15) is 11.4 Å². The Morgan fingerprint density at radius 1 is 1.20 bits per heavy atom. The fraction of sp³-hybridized carbons (Fsp3) is 0.370. The van der Waals surface area contributed by atoms with Crippen LogP contribution in [0.1, 0.15) is 48.3 Å². The van der Waals surface area contributed by atoms with Crippen molar-refractivity contribution in [3.05, 3.63) is 65.3 Å². The van der Waals surface area contributed by atoms with Crippen LogP contribution in [0.3, 0.4) is 0 Å². The number of aromatic nitrogens is 3. The van der Waals surface area contributed by atoms with Gasteiger partial charge in [-0.05, 0) is 68.4 Å². The molecule has 0 amide bonds. The van der Waals surface area contributed by atoms with Crippen molar-refractivity contribution in [3.8, 4) is 16.8 Å². The van der Waals surface area contributed by atoms with Crippen LogP contribution in [0.2, 0.25) is 0 Å². The first-order chi connectivity index (χ1) is 16.7. The van der Waals surface area contributed by atoms with E-state index in [-0.39, 0.29) is 25.2 Å². The molecule has 3 aromatic heterocycles. The Balaban J connectivity index is 1.56. The first-order valence-corrected chi connectivity index (χ1v) is 11.8. The highest BCUT2D eigenvalue weighted by Crippen LogP contribution is 2.39. The summed E-state index contributed by atoms with van der Waals surface area (Å²) in [5.41, 5.74) is 6.01. The van der Waals surface area contributed by atoms with E-state index < -0.39 is 11.9 Å². The van der Waals surface area contributed by atoms with Crippen LogP contribution in [0.5, 0.6) is 0 Å². The highest BCUT2D eigenvalue weighted by molar-refractivity contribution is 5.87. The minimum atomic E-state index is -2.56. The fourth-order valence-corrected chi connectivity index (χ4v) is 5.13. The van der Waals surface area contributed by atoms with Crippen LogP contribution in [0, 0.1) is 19.8 Å². The first kappa shape index (κ1) is 23.2. The average molecular weight is 480 g/mol. The van der Waals surface area contributed by atoms with E-state index in [2.05, 4.69) is 11.2 Å². The second-order valence-corrected chi connectivity index (χ2v) is 9.56. The minimum absolute atomic E-state index is 0.0384. The summed E-state index contributed by atoms with van der Waals surface area (Å²) < 4.78 is 34.8. The number of nitrogens with zero attached hydrogens (tertiary/aromatic N) is 3. The number of carbonyl (C=O) groups is 1. The van der Waals surface area contributed by atoms with Gasteiger partial charge in [0.2, 0.25) is 5.92 Å². The second kappa shape index (κ2) is 8.91. The van der Waals surface area contributed by atoms with Gasteiger partial charge in [-0.15, -0.1) is 0 Å². The molecule has 8 heteroatoms. The number of hydrogen-bond acceptors (Lipinski definition) is 4. The van der Waals surface area contributed by atoms with Gasteiger partial charge >= 0.3 is 5.97 Å². The Morgan fingerprint density at radius 2 is 1.91 bits per heavy atom. The van der Waals surface area contributed by atoms with Gasteiger partial charge in [0.05, 0.1) is 12.1 Å². The van der Waals surface area contributed by atoms with Crippen molar-refractivity contribution in [2.24, 2.45) is 5.92 Å². The van der Waals surface area contributed by atoms with E-state index in [9.17, 15) is 13.6 Å². The molecule has 1 aliphatic rings. The molecule has 5 rings (SSSR count). The number of aliphatic carboxylic acids is 1. The molecule has 0 radical (unpaired) electrons. The summed E-state index contributed by atoms with van der Waals surface area (Å²) in [6, 6.07) is 9.45. The number of pyridine rings is 1. The Kier molecular flexibility index (Phi) is 5.91. The van der Waals surface area contributed by atoms with Crippen LogP contribution in [-0.4, -0.2) is 31.7 Å². The average Bonchev–Trinajstić information content (AvgIpc) is 3.34. The van der Waals surface area contributed by atoms with Gasteiger partial charge < -0.3 is 14.2 Å². The third-order valence-electron chi connectivity index (χ3n) is 6.96. The Labute approximate surface area is 201 Å². The summed E-state index contributed by atoms with van der Waals surface area (Å²) in [4.78, 5) is 15.8. The summed E-state index contributed by atoms with van der Waals surface area (Å²) >= 11 is 0. The Bertz CT molecular complexity index is 1360. The zero-order chi connectivity index (χ0) is 24.7. The maximum absolute atomic E-state index is 13.7. The van der Waals surface area contributed by atoms with Gasteiger partial charge in [0, 0.05) is 47.4 Å². The van der Waals surface area contributed by atoms with E-state index in [4.69, 9.17) is 14.6 Å². The molecule has 0 spiro atoms. The Hall–Kier alpha value is -3.55. The lowest BCUT2D eigenvalue weighted by Gasteiger charge is -2.28. The lowest BCUT2D eigenvalue weighted by atomic mass is 9.83. The highest BCUT2D eigenvalue weighted by atomic mass is 19.3. The van der Waals surface area contributed by atoms with Crippen molar-refractivity contribution < 1.29 is 23.2 Å². The lowest BCUT2D eigenvalue weighted by Crippen LogP contribution is -2.25. The van der Waals surface area contributed by atoms with Crippen molar-refractivity contribution in [1.82, 2.24) is 14.7 Å². The molecular weight excluding hydrogens is 452 g/mol. The predicted octanol–water partition coefficient (Wildman–Crippen LogP) is 6.29. The van der Waals surface area contributed by atoms with E-state index in [0.29, 0.717) is 25.0 Å². The van der Waals surface area contributed by atoms with Crippen LogP contribution in [0.15, 0.2) is 47.2 Å². The fourth-order valence-electron chi connectivity index (χ4n) is 5.13. The number of fused-ring (bicyclic) bond motifs is 1. The molecule has 0 unspecified atom stereocenters. The van der Waals surface area contributed by atoms with Gasteiger partial charge in [-0.3, -0.25) is 4.79 Å². The van der Waals surface area contributed by atoms with Crippen molar-refractivity contribution in [2.75, 3.05) is 0 Å². The quantitative estimate of drug-likeness (QED) is 0.351. The molecule has 1 saturated carbocycles. The number of hydrogen-bond donors (Lipinski definition) is 1. The van der Waals surface area contributed by atoms with Gasteiger partial charge in [-0.2, -0.15) is 0 Å². The van der Waals surface area contributed by atoms with Crippen LogP contribution in [0.4, 0.5) is 8.78 Å². The third-order valence-corrected chi connectivity index (χ3v) is 6.96. The number of alkyl halides is 2. The normalized spacial score (nSPS) is 16.1. The molecule has 1 aromatic carbocycles. The van der Waals surface area contributed by atoms with Crippen molar-refractivity contribution in [2.45, 2.75) is 58.3 Å². The monoisotopic (exact) mass is 479 g/mol. The van der Waals surface area contributed by atoms with Crippen LogP contribution >= 0.6 is 0 Å².